The van der Waals surface area contributed by atoms with Gasteiger partial charge in [0.25, 0.3) is 5.91 Å². The number of benzene rings is 2. The predicted octanol–water partition coefficient (Wildman–Crippen LogP) is 3.25. The molecule has 0 heterocycles. The molecule has 0 aliphatic rings. The topological polar surface area (TPSA) is 68.8 Å². The third-order valence-electron chi connectivity index (χ3n) is 3.10. The molecule has 8 heteroatoms. The van der Waals surface area contributed by atoms with E-state index in [4.69, 9.17) is 38.0 Å². The largest absolute Gasteiger partial charge is 0.497 e. The normalized spacial score (nSPS) is 9.88. The van der Waals surface area contributed by atoms with Gasteiger partial charge in [-0.25, -0.2) is 0 Å². The van der Waals surface area contributed by atoms with Gasteiger partial charge in [0.1, 0.15) is 17.2 Å². The van der Waals surface area contributed by atoms with Crippen molar-refractivity contribution in [3.8, 4) is 17.2 Å². The average molecular weight is 381 g/mol. The Kier molecular flexibility index (Phi) is 6.85. The number of thiocarbonyl (C=S) groups is 1. The van der Waals surface area contributed by atoms with Crippen molar-refractivity contribution in [3.05, 3.63) is 47.5 Å². The number of amides is 1. The smallest absolute Gasteiger partial charge is 0.264 e. The summed E-state index contributed by atoms with van der Waals surface area (Å²) >= 11 is 11.1. The molecule has 132 valence electrons. The molecule has 2 aromatic carbocycles. The van der Waals surface area contributed by atoms with Gasteiger partial charge in [0.05, 0.1) is 24.9 Å². The first-order chi connectivity index (χ1) is 12.0. The van der Waals surface area contributed by atoms with Crippen LogP contribution in [0.3, 0.4) is 0 Å². The third kappa shape index (κ3) is 5.51. The fraction of sp³-hybridized carbons (Fsp3) is 0.176. The lowest BCUT2D eigenvalue weighted by Crippen LogP contribution is -2.37. The van der Waals surface area contributed by atoms with Crippen molar-refractivity contribution in [1.82, 2.24) is 5.32 Å². The van der Waals surface area contributed by atoms with Crippen LogP contribution in [-0.4, -0.2) is 31.8 Å². The van der Waals surface area contributed by atoms with Gasteiger partial charge in [-0.1, -0.05) is 23.7 Å². The van der Waals surface area contributed by atoms with E-state index in [2.05, 4.69) is 10.6 Å². The van der Waals surface area contributed by atoms with Gasteiger partial charge in [0.2, 0.25) is 0 Å². The molecule has 2 rings (SSSR count). The van der Waals surface area contributed by atoms with Gasteiger partial charge < -0.3 is 19.5 Å². The van der Waals surface area contributed by atoms with Crippen molar-refractivity contribution in [2.75, 3.05) is 26.1 Å². The molecule has 0 fully saturated rings. The second-order valence-electron chi connectivity index (χ2n) is 4.79. The number of carbonyl (C=O) groups is 1. The molecule has 0 bridgehead atoms. The summed E-state index contributed by atoms with van der Waals surface area (Å²) in [4.78, 5) is 11.9. The van der Waals surface area contributed by atoms with Crippen LogP contribution in [0.4, 0.5) is 5.69 Å². The van der Waals surface area contributed by atoms with Gasteiger partial charge in [-0.15, -0.1) is 0 Å². The number of rotatable bonds is 6. The quantitative estimate of drug-likeness (QED) is 0.750. The van der Waals surface area contributed by atoms with Crippen LogP contribution in [0.2, 0.25) is 5.02 Å². The zero-order valence-electron chi connectivity index (χ0n) is 13.7. The second-order valence-corrected chi connectivity index (χ2v) is 5.60. The van der Waals surface area contributed by atoms with Gasteiger partial charge in [0, 0.05) is 6.07 Å². The Labute approximate surface area is 156 Å². The summed E-state index contributed by atoms with van der Waals surface area (Å²) in [7, 11) is 3.09. The Balaban J connectivity index is 1.91. The van der Waals surface area contributed by atoms with E-state index < -0.39 is 5.91 Å². The zero-order chi connectivity index (χ0) is 18.2. The molecule has 2 aromatic rings. The van der Waals surface area contributed by atoms with Crippen molar-refractivity contribution < 1.29 is 19.0 Å². The summed E-state index contributed by atoms with van der Waals surface area (Å²) in [6, 6.07) is 12.1. The highest BCUT2D eigenvalue weighted by molar-refractivity contribution is 7.80. The molecule has 0 spiro atoms. The minimum absolute atomic E-state index is 0.110. The van der Waals surface area contributed by atoms with E-state index in [1.165, 1.54) is 7.11 Å². The zero-order valence-corrected chi connectivity index (χ0v) is 15.2. The predicted molar refractivity (Wildman–Crippen MR) is 101 cm³/mol. The highest BCUT2D eigenvalue weighted by Crippen LogP contribution is 2.28. The van der Waals surface area contributed by atoms with Crippen molar-refractivity contribution in [2.24, 2.45) is 0 Å². The summed E-state index contributed by atoms with van der Waals surface area (Å²) in [5.41, 5.74) is 0.569. The first-order valence-electron chi connectivity index (χ1n) is 7.23. The average Bonchev–Trinajstić information content (AvgIpc) is 2.60. The number of carbonyl (C=O) groups excluding carboxylic acids is 1. The fourth-order valence-corrected chi connectivity index (χ4v) is 2.35. The monoisotopic (exact) mass is 380 g/mol. The first-order valence-corrected chi connectivity index (χ1v) is 8.02. The molecule has 0 aliphatic heterocycles. The number of ether oxygens (including phenoxy) is 3. The molecule has 0 saturated heterocycles. The lowest BCUT2D eigenvalue weighted by atomic mass is 10.2. The SMILES string of the molecule is COc1ccc(OC)c(NC(=S)NC(=O)COc2ccccc2Cl)c1. The molecular weight excluding hydrogens is 364 g/mol. The van der Waals surface area contributed by atoms with E-state index in [1.807, 2.05) is 0 Å². The molecule has 1 amide bonds. The third-order valence-corrected chi connectivity index (χ3v) is 3.62. The van der Waals surface area contributed by atoms with Crippen LogP contribution in [0, 0.1) is 0 Å². The van der Waals surface area contributed by atoms with Crippen LogP contribution >= 0.6 is 23.8 Å². The van der Waals surface area contributed by atoms with E-state index >= 15 is 0 Å². The molecular formula is C17H17ClN2O4S. The number of hydrogen-bond acceptors (Lipinski definition) is 5. The molecule has 0 radical (unpaired) electrons. The molecule has 25 heavy (non-hydrogen) atoms. The molecule has 0 atom stereocenters. The number of hydrogen-bond donors (Lipinski definition) is 2. The van der Waals surface area contributed by atoms with Gasteiger partial charge in [-0.05, 0) is 36.5 Å². The van der Waals surface area contributed by atoms with Crippen LogP contribution in [-0.2, 0) is 4.79 Å². The summed E-state index contributed by atoms with van der Waals surface area (Å²) in [6.07, 6.45) is 0. The standard InChI is InChI=1S/C17H17ClN2O4S/c1-22-11-7-8-15(23-2)13(9-11)19-17(25)20-16(21)10-24-14-6-4-3-5-12(14)18/h3-9H,10H2,1-2H3,(H2,19,20,21,25). The van der Waals surface area contributed by atoms with Crippen molar-refractivity contribution in [2.45, 2.75) is 0 Å². The molecule has 0 aromatic heterocycles. The Bertz CT molecular complexity index is 770. The number of anilines is 1. The van der Waals surface area contributed by atoms with E-state index in [0.29, 0.717) is 28.0 Å². The number of methoxy groups -OCH3 is 2. The van der Waals surface area contributed by atoms with Crippen molar-refractivity contribution in [1.29, 1.82) is 0 Å². The molecule has 6 nitrogen and oxygen atoms in total. The number of nitrogens with one attached hydrogen (secondary N) is 2. The summed E-state index contributed by atoms with van der Waals surface area (Å²) in [5.74, 6) is 1.19. The van der Waals surface area contributed by atoms with E-state index in [0.717, 1.165) is 0 Å². The Morgan fingerprint density at radius 2 is 1.88 bits per heavy atom. The minimum atomic E-state index is -0.417. The van der Waals surface area contributed by atoms with Crippen LogP contribution in [0.5, 0.6) is 17.2 Å². The highest BCUT2D eigenvalue weighted by atomic mass is 35.5. The van der Waals surface area contributed by atoms with Crippen LogP contribution in [0.15, 0.2) is 42.5 Å². The maximum atomic E-state index is 11.9. The maximum absolute atomic E-state index is 11.9. The van der Waals surface area contributed by atoms with Gasteiger partial charge in [0.15, 0.2) is 11.7 Å². The van der Waals surface area contributed by atoms with Gasteiger partial charge >= 0.3 is 0 Å². The van der Waals surface area contributed by atoms with E-state index in [-0.39, 0.29) is 11.7 Å². The van der Waals surface area contributed by atoms with E-state index in [1.54, 1.807) is 49.6 Å². The summed E-state index contributed by atoms with van der Waals surface area (Å²) in [5, 5.41) is 5.95. The lowest BCUT2D eigenvalue weighted by Gasteiger charge is -2.14. The molecule has 0 saturated carbocycles. The van der Waals surface area contributed by atoms with Crippen LogP contribution in [0.1, 0.15) is 0 Å². The van der Waals surface area contributed by atoms with Crippen molar-refractivity contribution >= 4 is 40.5 Å². The second kappa shape index (κ2) is 9.10. The minimum Gasteiger partial charge on any atom is -0.497 e. The Morgan fingerprint density at radius 1 is 1.12 bits per heavy atom. The van der Waals surface area contributed by atoms with Crippen LogP contribution in [0.25, 0.3) is 0 Å². The fourth-order valence-electron chi connectivity index (χ4n) is 1.93. The summed E-state index contributed by atoms with van der Waals surface area (Å²) in [6.45, 7) is -0.221. The highest BCUT2D eigenvalue weighted by Gasteiger charge is 2.10. The number of halogens is 1. The maximum Gasteiger partial charge on any atom is 0.264 e. The van der Waals surface area contributed by atoms with Crippen molar-refractivity contribution in [3.63, 3.8) is 0 Å². The Morgan fingerprint density at radius 3 is 2.56 bits per heavy atom. The Hall–Kier alpha value is -2.51. The lowest BCUT2D eigenvalue weighted by molar-refractivity contribution is -0.121. The first kappa shape index (κ1) is 18.8. The van der Waals surface area contributed by atoms with Crippen LogP contribution < -0.4 is 24.8 Å². The van der Waals surface area contributed by atoms with Gasteiger partial charge in [-0.2, -0.15) is 0 Å². The summed E-state index contributed by atoms with van der Waals surface area (Å²) < 4.78 is 15.8. The molecule has 0 aliphatic carbocycles. The van der Waals surface area contributed by atoms with E-state index in [9.17, 15) is 4.79 Å². The number of para-hydroxylation sites is 1. The molecule has 0 unspecified atom stereocenters. The van der Waals surface area contributed by atoms with Gasteiger partial charge in [-0.3, -0.25) is 10.1 Å². The molecule has 2 N–H and O–H groups in total.